The Hall–Kier alpha value is -1.76. The summed E-state index contributed by atoms with van der Waals surface area (Å²) in [6, 6.07) is 9.30. The van der Waals surface area contributed by atoms with Gasteiger partial charge in [0.2, 0.25) is 0 Å². The normalized spacial score (nSPS) is 13.4. The van der Waals surface area contributed by atoms with Crippen LogP contribution in [0.15, 0.2) is 24.3 Å². The SMILES string of the molecule is CC(C)Cc1ccc2c(c1)Cc1cc(C(C)C)[nH]c1C=C2. The van der Waals surface area contributed by atoms with Gasteiger partial charge in [0.1, 0.15) is 0 Å². The van der Waals surface area contributed by atoms with Crippen LogP contribution in [-0.4, -0.2) is 4.98 Å². The number of H-pyrrole nitrogens is 1. The summed E-state index contributed by atoms with van der Waals surface area (Å²) >= 11 is 0. The Morgan fingerprint density at radius 1 is 1.00 bits per heavy atom. The van der Waals surface area contributed by atoms with Crippen molar-refractivity contribution in [2.45, 2.75) is 46.5 Å². The van der Waals surface area contributed by atoms with Crippen molar-refractivity contribution in [1.29, 1.82) is 0 Å². The third-order valence-corrected chi connectivity index (χ3v) is 4.24. The van der Waals surface area contributed by atoms with Crippen molar-refractivity contribution in [3.63, 3.8) is 0 Å². The van der Waals surface area contributed by atoms with Gasteiger partial charge >= 0.3 is 0 Å². The van der Waals surface area contributed by atoms with Crippen LogP contribution in [0.25, 0.3) is 12.2 Å². The molecule has 1 aromatic carbocycles. The van der Waals surface area contributed by atoms with Crippen molar-refractivity contribution in [3.8, 4) is 0 Å². The second kappa shape index (κ2) is 5.55. The molecule has 0 unspecified atom stereocenters. The van der Waals surface area contributed by atoms with Crippen molar-refractivity contribution in [1.82, 2.24) is 4.98 Å². The summed E-state index contributed by atoms with van der Waals surface area (Å²) in [4.78, 5) is 3.57. The van der Waals surface area contributed by atoms with Gasteiger partial charge in [-0.05, 0) is 52.7 Å². The Balaban J connectivity index is 1.96. The summed E-state index contributed by atoms with van der Waals surface area (Å²) < 4.78 is 0. The van der Waals surface area contributed by atoms with Crippen molar-refractivity contribution >= 4 is 12.2 Å². The fraction of sp³-hybridized carbons (Fsp3) is 0.400. The maximum Gasteiger partial charge on any atom is 0.0418 e. The van der Waals surface area contributed by atoms with Gasteiger partial charge in [0.15, 0.2) is 0 Å². The second-order valence-electron chi connectivity index (χ2n) is 6.96. The smallest absolute Gasteiger partial charge is 0.0418 e. The molecule has 0 atom stereocenters. The van der Waals surface area contributed by atoms with Gasteiger partial charge in [0.05, 0.1) is 0 Å². The van der Waals surface area contributed by atoms with Crippen LogP contribution in [0.2, 0.25) is 0 Å². The Kier molecular flexibility index (Phi) is 3.75. The number of nitrogens with one attached hydrogen (secondary N) is 1. The fourth-order valence-corrected chi connectivity index (χ4v) is 3.09. The summed E-state index contributed by atoms with van der Waals surface area (Å²) in [6.07, 6.45) is 6.68. The van der Waals surface area contributed by atoms with Gasteiger partial charge in [-0.3, -0.25) is 0 Å². The highest BCUT2D eigenvalue weighted by molar-refractivity contribution is 5.74. The van der Waals surface area contributed by atoms with Gasteiger partial charge < -0.3 is 4.98 Å². The highest BCUT2D eigenvalue weighted by Crippen LogP contribution is 2.28. The molecule has 0 aliphatic heterocycles. The molecule has 1 nitrogen and oxygen atoms in total. The largest absolute Gasteiger partial charge is 0.358 e. The van der Waals surface area contributed by atoms with E-state index in [4.69, 9.17) is 0 Å². The molecular formula is C20H25N. The molecule has 3 rings (SSSR count). The third-order valence-electron chi connectivity index (χ3n) is 4.24. The van der Waals surface area contributed by atoms with E-state index in [1.54, 1.807) is 0 Å². The molecule has 110 valence electrons. The molecule has 0 saturated carbocycles. The van der Waals surface area contributed by atoms with E-state index in [1.807, 2.05) is 0 Å². The number of aromatic nitrogens is 1. The van der Waals surface area contributed by atoms with Crippen molar-refractivity contribution in [2.75, 3.05) is 0 Å². The molecular weight excluding hydrogens is 254 g/mol. The quantitative estimate of drug-likeness (QED) is 0.659. The molecule has 1 N–H and O–H groups in total. The van der Waals surface area contributed by atoms with Crippen LogP contribution in [0.3, 0.4) is 0 Å². The molecule has 1 aliphatic carbocycles. The number of hydrogen-bond acceptors (Lipinski definition) is 0. The Morgan fingerprint density at radius 2 is 1.81 bits per heavy atom. The molecule has 0 radical (unpaired) electrons. The molecule has 0 amide bonds. The topological polar surface area (TPSA) is 15.8 Å². The molecule has 1 aliphatic rings. The van der Waals surface area contributed by atoms with Crippen molar-refractivity contribution in [3.05, 3.63) is 57.9 Å². The minimum atomic E-state index is 0.553. The number of fused-ring (bicyclic) bond motifs is 2. The predicted octanol–water partition coefficient (Wildman–Crippen LogP) is 5.41. The van der Waals surface area contributed by atoms with Crippen molar-refractivity contribution < 1.29 is 0 Å². The van der Waals surface area contributed by atoms with Gasteiger partial charge in [-0.25, -0.2) is 0 Å². The van der Waals surface area contributed by atoms with Gasteiger partial charge in [0, 0.05) is 17.8 Å². The van der Waals surface area contributed by atoms with E-state index in [0.29, 0.717) is 11.8 Å². The number of rotatable bonds is 3. The first-order chi connectivity index (χ1) is 10.0. The minimum Gasteiger partial charge on any atom is -0.358 e. The lowest BCUT2D eigenvalue weighted by atomic mass is 9.95. The van der Waals surface area contributed by atoms with E-state index >= 15 is 0 Å². The minimum absolute atomic E-state index is 0.553. The first-order valence-electron chi connectivity index (χ1n) is 8.04. The van der Waals surface area contributed by atoms with Crippen LogP contribution in [0, 0.1) is 5.92 Å². The first kappa shape index (κ1) is 14.2. The van der Waals surface area contributed by atoms with Crippen molar-refractivity contribution in [2.24, 2.45) is 5.92 Å². The summed E-state index contributed by atoms with van der Waals surface area (Å²) in [7, 11) is 0. The molecule has 1 aromatic heterocycles. The first-order valence-corrected chi connectivity index (χ1v) is 8.04. The summed E-state index contributed by atoms with van der Waals surface area (Å²) in [5.74, 6) is 1.26. The van der Waals surface area contributed by atoms with E-state index < -0.39 is 0 Å². The van der Waals surface area contributed by atoms with Crippen LogP contribution < -0.4 is 0 Å². The van der Waals surface area contributed by atoms with Crippen LogP contribution >= 0.6 is 0 Å². The highest BCUT2D eigenvalue weighted by atomic mass is 14.7. The summed E-state index contributed by atoms with van der Waals surface area (Å²) in [5.41, 5.74) is 8.32. The summed E-state index contributed by atoms with van der Waals surface area (Å²) in [6.45, 7) is 9.04. The zero-order valence-electron chi connectivity index (χ0n) is 13.5. The van der Waals surface area contributed by atoms with Crippen LogP contribution in [0.5, 0.6) is 0 Å². The molecule has 1 heteroatoms. The number of hydrogen-bond donors (Lipinski definition) is 1. The van der Waals surface area contributed by atoms with Gasteiger partial charge in [-0.15, -0.1) is 0 Å². The third kappa shape index (κ3) is 2.97. The van der Waals surface area contributed by atoms with Gasteiger partial charge in [-0.2, -0.15) is 0 Å². The Labute approximate surface area is 128 Å². The zero-order chi connectivity index (χ0) is 15.0. The molecule has 0 fully saturated rings. The number of benzene rings is 1. The Bertz CT molecular complexity index is 671. The lowest BCUT2D eigenvalue weighted by Crippen LogP contribution is -1.97. The number of aromatic amines is 1. The molecule has 0 spiro atoms. The predicted molar refractivity (Wildman–Crippen MR) is 91.6 cm³/mol. The van der Waals surface area contributed by atoms with Gasteiger partial charge in [-0.1, -0.05) is 52.0 Å². The second-order valence-corrected chi connectivity index (χ2v) is 6.96. The average Bonchev–Trinajstić information content (AvgIpc) is 2.73. The lowest BCUT2D eigenvalue weighted by Gasteiger charge is -2.10. The highest BCUT2D eigenvalue weighted by Gasteiger charge is 2.14. The standard InChI is InChI=1S/C20H25N/c1-13(2)9-15-5-6-16-7-8-19-18(11-17(16)10-15)12-20(21-19)14(3)4/h5-8,10,12-14,21H,9,11H2,1-4H3. The van der Waals surface area contributed by atoms with E-state index in [9.17, 15) is 0 Å². The molecule has 0 bridgehead atoms. The lowest BCUT2D eigenvalue weighted by molar-refractivity contribution is 0.647. The maximum absolute atomic E-state index is 3.57. The zero-order valence-corrected chi connectivity index (χ0v) is 13.5. The maximum atomic E-state index is 3.57. The van der Waals surface area contributed by atoms with E-state index in [-0.39, 0.29) is 0 Å². The summed E-state index contributed by atoms with van der Waals surface area (Å²) in [5, 5.41) is 0. The Morgan fingerprint density at radius 3 is 2.52 bits per heavy atom. The molecule has 2 aromatic rings. The molecule has 21 heavy (non-hydrogen) atoms. The van der Waals surface area contributed by atoms with E-state index in [1.165, 1.54) is 33.6 Å². The van der Waals surface area contributed by atoms with Crippen LogP contribution in [-0.2, 0) is 12.8 Å². The average molecular weight is 279 g/mol. The molecule has 0 saturated heterocycles. The van der Waals surface area contributed by atoms with Gasteiger partial charge in [0.25, 0.3) is 0 Å². The molecule has 1 heterocycles. The van der Waals surface area contributed by atoms with E-state index in [0.717, 1.165) is 12.8 Å². The van der Waals surface area contributed by atoms with E-state index in [2.05, 4.69) is 69.1 Å². The van der Waals surface area contributed by atoms with Crippen LogP contribution in [0.1, 0.15) is 67.3 Å². The monoisotopic (exact) mass is 279 g/mol. The van der Waals surface area contributed by atoms with Crippen LogP contribution in [0.4, 0.5) is 0 Å². The fourth-order valence-electron chi connectivity index (χ4n) is 3.09.